The third-order valence-corrected chi connectivity index (χ3v) is 3.40. The molecule has 1 aromatic carbocycles. The number of hydrogen-bond acceptors (Lipinski definition) is 3. The Labute approximate surface area is 124 Å². The number of halogens is 1. The van der Waals surface area contributed by atoms with E-state index in [-0.39, 0.29) is 24.8 Å². The second kappa shape index (κ2) is 7.98. The zero-order valence-corrected chi connectivity index (χ0v) is 12.8. The maximum atomic E-state index is 13.8. The second-order valence-electron chi connectivity index (χ2n) is 4.82. The quantitative estimate of drug-likeness (QED) is 0.696. The van der Waals surface area contributed by atoms with E-state index in [1.54, 1.807) is 0 Å². The number of anilines is 1. The predicted molar refractivity (Wildman–Crippen MR) is 80.4 cm³/mol. The molecule has 0 bridgehead atoms. The normalized spacial score (nSPS) is 11.1. The fraction of sp³-hybridized carbons (Fsp3) is 0.429. The second-order valence-corrected chi connectivity index (χ2v) is 6.32. The van der Waals surface area contributed by atoms with Crippen molar-refractivity contribution in [3.8, 4) is 11.8 Å². The maximum absolute atomic E-state index is 13.8. The van der Waals surface area contributed by atoms with Crippen LogP contribution in [0.3, 0.4) is 0 Å². The van der Waals surface area contributed by atoms with Gasteiger partial charge in [0.15, 0.2) is 0 Å². The molecule has 0 heterocycles. The zero-order chi connectivity index (χ0) is 15.9. The molecule has 0 aliphatic heterocycles. The van der Waals surface area contributed by atoms with Crippen LogP contribution in [0.2, 0.25) is 0 Å². The summed E-state index contributed by atoms with van der Waals surface area (Å²) in [5, 5.41) is 8.60. The highest BCUT2D eigenvalue weighted by Crippen LogP contribution is 2.16. The summed E-state index contributed by atoms with van der Waals surface area (Å²) in [6, 6.07) is 3.96. The molecule has 0 aliphatic rings. The van der Waals surface area contributed by atoms with Crippen molar-refractivity contribution in [2.24, 2.45) is 5.92 Å². The highest BCUT2D eigenvalue weighted by atomic mass is 32.2. The summed E-state index contributed by atoms with van der Waals surface area (Å²) >= 11 is 0. The third kappa shape index (κ3) is 6.58. The molecule has 0 radical (unpaired) electrons. The lowest BCUT2D eigenvalue weighted by Gasteiger charge is -2.11. The SMILES string of the molecule is CC(C)CNS(=O)(=O)Nc1ccc(C#CCCO)cc1F. The number of nitrogens with one attached hydrogen (secondary N) is 2. The van der Waals surface area contributed by atoms with E-state index in [0.717, 1.165) is 6.07 Å². The van der Waals surface area contributed by atoms with Gasteiger partial charge in [-0.2, -0.15) is 13.1 Å². The molecule has 0 aliphatic carbocycles. The summed E-state index contributed by atoms with van der Waals surface area (Å²) in [6.07, 6.45) is 0.301. The van der Waals surface area contributed by atoms with E-state index in [4.69, 9.17) is 5.11 Å². The van der Waals surface area contributed by atoms with Crippen LogP contribution >= 0.6 is 0 Å². The lowest BCUT2D eigenvalue weighted by atomic mass is 10.2. The Hall–Kier alpha value is -1.62. The van der Waals surface area contributed by atoms with Crippen molar-refractivity contribution in [3.63, 3.8) is 0 Å². The van der Waals surface area contributed by atoms with Crippen molar-refractivity contribution in [3.05, 3.63) is 29.6 Å². The summed E-state index contributed by atoms with van der Waals surface area (Å²) in [6.45, 7) is 3.93. The van der Waals surface area contributed by atoms with Crippen molar-refractivity contribution >= 4 is 15.9 Å². The molecule has 0 spiro atoms. The van der Waals surface area contributed by atoms with Crippen molar-refractivity contribution in [1.29, 1.82) is 0 Å². The van der Waals surface area contributed by atoms with E-state index in [9.17, 15) is 12.8 Å². The molecule has 1 aromatic rings. The van der Waals surface area contributed by atoms with Gasteiger partial charge >= 0.3 is 0 Å². The largest absolute Gasteiger partial charge is 0.395 e. The van der Waals surface area contributed by atoms with Crippen molar-refractivity contribution < 1.29 is 17.9 Å². The summed E-state index contributed by atoms with van der Waals surface area (Å²) in [5.41, 5.74) is 0.276. The molecule has 116 valence electrons. The number of rotatable bonds is 6. The summed E-state index contributed by atoms with van der Waals surface area (Å²) < 4.78 is 41.7. The van der Waals surface area contributed by atoms with Crippen molar-refractivity contribution in [2.75, 3.05) is 17.9 Å². The van der Waals surface area contributed by atoms with Gasteiger partial charge in [-0.1, -0.05) is 25.7 Å². The molecule has 0 unspecified atom stereocenters. The number of aliphatic hydroxyl groups is 1. The van der Waals surface area contributed by atoms with Crippen LogP contribution in [0.15, 0.2) is 18.2 Å². The fourth-order valence-corrected chi connectivity index (χ4v) is 2.43. The Morgan fingerprint density at radius 3 is 2.67 bits per heavy atom. The minimum Gasteiger partial charge on any atom is -0.395 e. The number of aliphatic hydroxyl groups excluding tert-OH is 1. The third-order valence-electron chi connectivity index (χ3n) is 2.36. The van der Waals surface area contributed by atoms with Gasteiger partial charge < -0.3 is 5.11 Å². The molecular weight excluding hydrogens is 295 g/mol. The van der Waals surface area contributed by atoms with E-state index in [1.807, 2.05) is 13.8 Å². The molecule has 0 aromatic heterocycles. The van der Waals surface area contributed by atoms with Crippen LogP contribution in [0.1, 0.15) is 25.8 Å². The minimum atomic E-state index is -3.80. The highest BCUT2D eigenvalue weighted by Gasteiger charge is 2.13. The van der Waals surface area contributed by atoms with Gasteiger partial charge in [0.1, 0.15) is 5.82 Å². The zero-order valence-electron chi connectivity index (χ0n) is 12.0. The van der Waals surface area contributed by atoms with Crippen LogP contribution in [0, 0.1) is 23.6 Å². The van der Waals surface area contributed by atoms with Crippen LogP contribution in [0.4, 0.5) is 10.1 Å². The van der Waals surface area contributed by atoms with Crippen molar-refractivity contribution in [2.45, 2.75) is 20.3 Å². The Morgan fingerprint density at radius 1 is 1.38 bits per heavy atom. The first-order chi connectivity index (χ1) is 9.84. The molecular formula is C14H19FN2O3S. The summed E-state index contributed by atoms with van der Waals surface area (Å²) in [4.78, 5) is 0. The van der Waals surface area contributed by atoms with E-state index in [0.29, 0.717) is 12.0 Å². The minimum absolute atomic E-state index is 0.0606. The number of benzene rings is 1. The molecule has 0 fully saturated rings. The van der Waals surface area contributed by atoms with Gasteiger partial charge in [-0.25, -0.2) is 4.39 Å². The van der Waals surface area contributed by atoms with Gasteiger partial charge in [0.25, 0.3) is 10.2 Å². The lowest BCUT2D eigenvalue weighted by molar-refractivity contribution is 0.305. The van der Waals surface area contributed by atoms with Crippen molar-refractivity contribution in [1.82, 2.24) is 4.72 Å². The molecule has 0 atom stereocenters. The smallest absolute Gasteiger partial charge is 0.299 e. The summed E-state index contributed by atoms with van der Waals surface area (Å²) in [7, 11) is -3.80. The first kappa shape index (κ1) is 17.4. The molecule has 5 nitrogen and oxygen atoms in total. The van der Waals surface area contributed by atoms with Gasteiger partial charge in [-0.15, -0.1) is 0 Å². The highest BCUT2D eigenvalue weighted by molar-refractivity contribution is 7.90. The molecule has 0 saturated carbocycles. The molecule has 0 amide bonds. The molecule has 0 saturated heterocycles. The summed E-state index contributed by atoms with van der Waals surface area (Å²) in [5.74, 6) is 4.78. The predicted octanol–water partition coefficient (Wildman–Crippen LogP) is 1.46. The Kier molecular flexibility index (Phi) is 6.62. The monoisotopic (exact) mass is 314 g/mol. The van der Waals surface area contributed by atoms with Gasteiger partial charge in [0.05, 0.1) is 12.3 Å². The van der Waals surface area contributed by atoms with Gasteiger partial charge in [0.2, 0.25) is 0 Å². The molecule has 7 heteroatoms. The average Bonchev–Trinajstić information content (AvgIpc) is 2.40. The van der Waals surface area contributed by atoms with Crippen LogP contribution in [0.25, 0.3) is 0 Å². The Bertz CT molecular complexity index is 633. The first-order valence-electron chi connectivity index (χ1n) is 6.50. The molecule has 1 rings (SSSR count). The van der Waals surface area contributed by atoms with E-state index in [2.05, 4.69) is 21.3 Å². The van der Waals surface area contributed by atoms with E-state index in [1.165, 1.54) is 12.1 Å². The van der Waals surface area contributed by atoms with Crippen LogP contribution < -0.4 is 9.44 Å². The van der Waals surface area contributed by atoms with Crippen LogP contribution in [0.5, 0.6) is 0 Å². The van der Waals surface area contributed by atoms with Gasteiger partial charge in [0, 0.05) is 18.5 Å². The van der Waals surface area contributed by atoms with Gasteiger partial charge in [-0.05, 0) is 24.1 Å². The number of hydrogen-bond donors (Lipinski definition) is 3. The first-order valence-corrected chi connectivity index (χ1v) is 7.99. The van der Waals surface area contributed by atoms with Crippen LogP contribution in [-0.4, -0.2) is 26.7 Å². The molecule has 3 N–H and O–H groups in total. The van der Waals surface area contributed by atoms with Crippen LogP contribution in [-0.2, 0) is 10.2 Å². The topological polar surface area (TPSA) is 78.4 Å². The standard InChI is InChI=1S/C14H19FN2O3S/c1-11(2)10-16-21(19,20)17-14-7-6-12(9-13(14)15)5-3-4-8-18/h6-7,9,11,16-18H,4,8,10H2,1-2H3. The average molecular weight is 314 g/mol. The maximum Gasteiger partial charge on any atom is 0.299 e. The lowest BCUT2D eigenvalue weighted by Crippen LogP contribution is -2.33. The Morgan fingerprint density at radius 2 is 2.10 bits per heavy atom. The fourth-order valence-electron chi connectivity index (χ4n) is 1.35. The molecule has 21 heavy (non-hydrogen) atoms. The van der Waals surface area contributed by atoms with E-state index >= 15 is 0 Å². The van der Waals surface area contributed by atoms with E-state index < -0.39 is 16.0 Å². The Balaban J connectivity index is 2.79. The van der Waals surface area contributed by atoms with Gasteiger partial charge in [-0.3, -0.25) is 4.72 Å².